The highest BCUT2D eigenvalue weighted by atomic mass is 14.8. The van der Waals surface area contributed by atoms with Crippen molar-refractivity contribution in [2.45, 2.75) is 58.8 Å². The van der Waals surface area contributed by atoms with E-state index >= 15 is 0 Å². The molecule has 0 saturated carbocycles. The molecule has 0 heterocycles. The lowest BCUT2D eigenvalue weighted by molar-refractivity contribution is 0.442. The molecule has 0 rings (SSSR count). The van der Waals surface area contributed by atoms with Crippen molar-refractivity contribution >= 4 is 0 Å². The Kier molecular flexibility index (Phi) is 10.0. The van der Waals surface area contributed by atoms with Gasteiger partial charge in [-0.15, -0.1) is 0 Å². The van der Waals surface area contributed by atoms with Gasteiger partial charge < -0.3 is 5.32 Å². The van der Waals surface area contributed by atoms with E-state index in [4.69, 9.17) is 0 Å². The molecule has 13 heavy (non-hydrogen) atoms. The minimum Gasteiger partial charge on any atom is -0.320 e. The fourth-order valence-electron chi connectivity index (χ4n) is 1.68. The Morgan fingerprint density at radius 2 is 1.62 bits per heavy atom. The van der Waals surface area contributed by atoms with Crippen molar-refractivity contribution in [3.63, 3.8) is 0 Å². The fourth-order valence-corrected chi connectivity index (χ4v) is 1.68. The minimum absolute atomic E-state index is 0.948. The SMILES string of the molecule is CCCCCC(C)CCCCNC. The van der Waals surface area contributed by atoms with Crippen LogP contribution >= 0.6 is 0 Å². The fraction of sp³-hybridized carbons (Fsp3) is 1.00. The van der Waals surface area contributed by atoms with Gasteiger partial charge in [0.25, 0.3) is 0 Å². The molecule has 0 aromatic heterocycles. The van der Waals surface area contributed by atoms with Crippen LogP contribution < -0.4 is 5.32 Å². The maximum Gasteiger partial charge on any atom is -0.00519 e. The molecule has 0 saturated heterocycles. The van der Waals surface area contributed by atoms with E-state index in [1.165, 1.54) is 51.5 Å². The first kappa shape index (κ1) is 13.0. The van der Waals surface area contributed by atoms with Crippen LogP contribution in [0.3, 0.4) is 0 Å². The van der Waals surface area contributed by atoms with Gasteiger partial charge in [-0.25, -0.2) is 0 Å². The molecule has 0 aliphatic carbocycles. The summed E-state index contributed by atoms with van der Waals surface area (Å²) in [6, 6.07) is 0. The minimum atomic E-state index is 0.948. The van der Waals surface area contributed by atoms with Gasteiger partial charge in [0.2, 0.25) is 0 Å². The van der Waals surface area contributed by atoms with Gasteiger partial charge in [0.1, 0.15) is 0 Å². The summed E-state index contributed by atoms with van der Waals surface area (Å²) in [4.78, 5) is 0. The van der Waals surface area contributed by atoms with Gasteiger partial charge in [-0.3, -0.25) is 0 Å². The van der Waals surface area contributed by atoms with E-state index in [0.29, 0.717) is 0 Å². The summed E-state index contributed by atoms with van der Waals surface area (Å²) in [5.74, 6) is 0.948. The Morgan fingerprint density at radius 3 is 2.15 bits per heavy atom. The van der Waals surface area contributed by atoms with Crippen molar-refractivity contribution in [1.29, 1.82) is 0 Å². The molecule has 1 unspecified atom stereocenters. The maximum absolute atomic E-state index is 3.19. The quantitative estimate of drug-likeness (QED) is 0.541. The summed E-state index contributed by atoms with van der Waals surface area (Å²) < 4.78 is 0. The Balaban J connectivity index is 3.05. The van der Waals surface area contributed by atoms with Crippen LogP contribution in [-0.2, 0) is 0 Å². The normalized spacial score (nSPS) is 13.2. The molecule has 0 aromatic carbocycles. The van der Waals surface area contributed by atoms with Gasteiger partial charge in [0.05, 0.1) is 0 Å². The molecule has 0 aliphatic heterocycles. The van der Waals surface area contributed by atoms with Crippen LogP contribution in [0.25, 0.3) is 0 Å². The number of hydrogen-bond donors (Lipinski definition) is 1. The van der Waals surface area contributed by atoms with Crippen LogP contribution in [0, 0.1) is 5.92 Å². The molecular weight excluding hydrogens is 158 g/mol. The molecule has 0 fully saturated rings. The largest absolute Gasteiger partial charge is 0.320 e. The van der Waals surface area contributed by atoms with E-state index in [0.717, 1.165) is 5.92 Å². The third-order valence-corrected chi connectivity index (χ3v) is 2.67. The predicted octanol–water partition coefficient (Wildman–Crippen LogP) is 3.59. The Labute approximate surface area is 84.3 Å². The molecule has 0 radical (unpaired) electrons. The highest BCUT2D eigenvalue weighted by molar-refractivity contribution is 4.54. The summed E-state index contributed by atoms with van der Waals surface area (Å²) in [7, 11) is 2.03. The lowest BCUT2D eigenvalue weighted by Crippen LogP contribution is -2.07. The number of rotatable bonds is 9. The second-order valence-electron chi connectivity index (χ2n) is 4.20. The van der Waals surface area contributed by atoms with Crippen LogP contribution in [0.4, 0.5) is 0 Å². The van der Waals surface area contributed by atoms with E-state index in [-0.39, 0.29) is 0 Å². The van der Waals surface area contributed by atoms with Gasteiger partial charge in [-0.05, 0) is 25.9 Å². The van der Waals surface area contributed by atoms with Crippen molar-refractivity contribution < 1.29 is 0 Å². The summed E-state index contributed by atoms with van der Waals surface area (Å²) in [6.07, 6.45) is 9.80. The number of hydrogen-bond acceptors (Lipinski definition) is 1. The van der Waals surface area contributed by atoms with E-state index in [2.05, 4.69) is 19.2 Å². The van der Waals surface area contributed by atoms with Crippen LogP contribution in [0.1, 0.15) is 58.8 Å². The zero-order chi connectivity index (χ0) is 9.94. The Morgan fingerprint density at radius 1 is 1.00 bits per heavy atom. The topological polar surface area (TPSA) is 12.0 Å². The van der Waals surface area contributed by atoms with Crippen molar-refractivity contribution in [1.82, 2.24) is 5.32 Å². The first-order valence-electron chi connectivity index (χ1n) is 5.95. The van der Waals surface area contributed by atoms with E-state index in [1.807, 2.05) is 7.05 Å². The maximum atomic E-state index is 3.19. The molecule has 1 heteroatoms. The van der Waals surface area contributed by atoms with E-state index in [9.17, 15) is 0 Å². The molecule has 0 amide bonds. The Hall–Kier alpha value is -0.0400. The Bertz CT molecular complexity index is 91.1. The average molecular weight is 185 g/mol. The van der Waals surface area contributed by atoms with Crippen molar-refractivity contribution in [2.75, 3.05) is 13.6 Å². The molecule has 1 N–H and O–H groups in total. The monoisotopic (exact) mass is 185 g/mol. The number of nitrogens with one attached hydrogen (secondary N) is 1. The zero-order valence-corrected chi connectivity index (χ0v) is 9.73. The first-order valence-corrected chi connectivity index (χ1v) is 5.95. The molecule has 1 atom stereocenters. The molecule has 0 aliphatic rings. The summed E-state index contributed by atoms with van der Waals surface area (Å²) in [5, 5.41) is 3.19. The van der Waals surface area contributed by atoms with Crippen molar-refractivity contribution in [3.05, 3.63) is 0 Å². The lowest BCUT2D eigenvalue weighted by Gasteiger charge is -2.10. The summed E-state index contributed by atoms with van der Waals surface area (Å²) in [6.45, 7) is 5.86. The van der Waals surface area contributed by atoms with Crippen LogP contribution in [0.5, 0.6) is 0 Å². The highest BCUT2D eigenvalue weighted by Crippen LogP contribution is 2.15. The van der Waals surface area contributed by atoms with Crippen LogP contribution in [0.2, 0.25) is 0 Å². The van der Waals surface area contributed by atoms with E-state index < -0.39 is 0 Å². The molecule has 80 valence electrons. The van der Waals surface area contributed by atoms with Crippen molar-refractivity contribution in [3.8, 4) is 0 Å². The van der Waals surface area contributed by atoms with Gasteiger partial charge >= 0.3 is 0 Å². The van der Waals surface area contributed by atoms with Crippen molar-refractivity contribution in [2.24, 2.45) is 5.92 Å². The van der Waals surface area contributed by atoms with Crippen LogP contribution in [0.15, 0.2) is 0 Å². The average Bonchev–Trinajstić information content (AvgIpc) is 2.13. The summed E-state index contributed by atoms with van der Waals surface area (Å²) in [5.41, 5.74) is 0. The molecule has 1 nitrogen and oxygen atoms in total. The smallest absolute Gasteiger partial charge is 0.00519 e. The second-order valence-corrected chi connectivity index (χ2v) is 4.20. The lowest BCUT2D eigenvalue weighted by atomic mass is 9.97. The van der Waals surface area contributed by atoms with Gasteiger partial charge in [0, 0.05) is 0 Å². The van der Waals surface area contributed by atoms with Crippen LogP contribution in [-0.4, -0.2) is 13.6 Å². The number of unbranched alkanes of at least 4 members (excludes halogenated alkanes) is 3. The second kappa shape index (κ2) is 10.0. The predicted molar refractivity (Wildman–Crippen MR) is 61.1 cm³/mol. The first-order chi connectivity index (χ1) is 6.31. The molecule has 0 bridgehead atoms. The zero-order valence-electron chi connectivity index (χ0n) is 9.73. The molecule has 0 aromatic rings. The highest BCUT2D eigenvalue weighted by Gasteiger charge is 2.00. The van der Waals surface area contributed by atoms with Gasteiger partial charge in [-0.2, -0.15) is 0 Å². The van der Waals surface area contributed by atoms with Gasteiger partial charge in [-0.1, -0.05) is 52.4 Å². The standard InChI is InChI=1S/C12H27N/c1-4-5-6-9-12(2)10-7-8-11-13-3/h12-13H,4-11H2,1-3H3. The summed E-state index contributed by atoms with van der Waals surface area (Å²) >= 11 is 0. The third-order valence-electron chi connectivity index (χ3n) is 2.67. The van der Waals surface area contributed by atoms with E-state index in [1.54, 1.807) is 0 Å². The third kappa shape index (κ3) is 9.88. The molecule has 0 spiro atoms. The van der Waals surface area contributed by atoms with Gasteiger partial charge in [0.15, 0.2) is 0 Å². The molecular formula is C12H27N.